The molecule has 0 radical (unpaired) electrons. The Kier molecular flexibility index (Phi) is 4.28. The Hall–Kier alpha value is -2.43. The topological polar surface area (TPSA) is 61.2 Å². The number of ether oxygens (including phenoxy) is 1. The molecule has 2 heterocycles. The Morgan fingerprint density at radius 1 is 1.39 bits per heavy atom. The largest absolute Gasteiger partial charge is 0.461 e. The number of ketones is 1. The summed E-state index contributed by atoms with van der Waals surface area (Å²) < 4.78 is 6.62. The van der Waals surface area contributed by atoms with Crippen molar-refractivity contribution in [3.8, 4) is 0 Å². The van der Waals surface area contributed by atoms with Crippen LogP contribution in [0.25, 0.3) is 0 Å². The van der Waals surface area contributed by atoms with Crippen molar-refractivity contribution >= 4 is 11.8 Å². The van der Waals surface area contributed by atoms with Gasteiger partial charge in [0.1, 0.15) is 5.69 Å². The van der Waals surface area contributed by atoms with Crippen LogP contribution < -0.4 is 0 Å². The van der Waals surface area contributed by atoms with E-state index in [1.54, 1.807) is 17.7 Å². The van der Waals surface area contributed by atoms with Gasteiger partial charge in [0.2, 0.25) is 0 Å². The molecule has 3 rings (SSSR count). The molecule has 1 unspecified atom stereocenters. The van der Waals surface area contributed by atoms with Crippen LogP contribution in [0.15, 0.2) is 30.3 Å². The van der Waals surface area contributed by atoms with E-state index < -0.39 is 5.97 Å². The smallest absolute Gasteiger partial charge is 0.358 e. The molecule has 0 amide bonds. The van der Waals surface area contributed by atoms with Crippen LogP contribution in [0.4, 0.5) is 0 Å². The van der Waals surface area contributed by atoms with Crippen LogP contribution in [0.5, 0.6) is 0 Å². The fraction of sp³-hybridized carbons (Fsp3) is 0.389. The van der Waals surface area contributed by atoms with Crippen LogP contribution in [0, 0.1) is 6.92 Å². The molecule has 0 bridgehead atoms. The molecular formula is C18H20N2O3. The maximum atomic E-state index is 13.0. The summed E-state index contributed by atoms with van der Waals surface area (Å²) in [5.74, 6) is -0.627. The molecule has 23 heavy (non-hydrogen) atoms. The number of nitrogens with zero attached hydrogens (tertiary/aromatic N) is 2. The van der Waals surface area contributed by atoms with E-state index in [0.717, 1.165) is 24.0 Å². The Bertz CT molecular complexity index is 748. The predicted molar refractivity (Wildman–Crippen MR) is 85.7 cm³/mol. The summed E-state index contributed by atoms with van der Waals surface area (Å²) in [6.45, 7) is 4.71. The lowest BCUT2D eigenvalue weighted by Gasteiger charge is -2.15. The van der Waals surface area contributed by atoms with E-state index in [1.165, 1.54) is 0 Å². The number of hydrogen-bond donors (Lipinski definition) is 0. The van der Waals surface area contributed by atoms with Gasteiger partial charge in [-0.1, -0.05) is 24.3 Å². The highest BCUT2D eigenvalue weighted by atomic mass is 16.5. The quantitative estimate of drug-likeness (QED) is 0.817. The minimum Gasteiger partial charge on any atom is -0.461 e. The van der Waals surface area contributed by atoms with Gasteiger partial charge in [-0.05, 0) is 37.8 Å². The molecule has 1 atom stereocenters. The lowest BCUT2D eigenvalue weighted by molar-refractivity contribution is 0.0518. The average Bonchev–Trinajstić information content (AvgIpc) is 2.90. The van der Waals surface area contributed by atoms with Gasteiger partial charge in [0.05, 0.1) is 6.61 Å². The van der Waals surface area contributed by atoms with Crippen molar-refractivity contribution in [1.29, 1.82) is 0 Å². The molecule has 1 aromatic heterocycles. The first kappa shape index (κ1) is 15.5. The lowest BCUT2D eigenvalue weighted by atomic mass is 9.87. The van der Waals surface area contributed by atoms with E-state index in [0.29, 0.717) is 18.8 Å². The number of fused-ring (bicyclic) bond motifs is 1. The second-order valence-electron chi connectivity index (χ2n) is 5.77. The monoisotopic (exact) mass is 312 g/mol. The molecule has 2 aromatic rings. The highest BCUT2D eigenvalue weighted by Crippen LogP contribution is 2.31. The van der Waals surface area contributed by atoms with Gasteiger partial charge in [-0.2, -0.15) is 5.10 Å². The summed E-state index contributed by atoms with van der Waals surface area (Å²) >= 11 is 0. The number of aryl methyl sites for hydroxylation is 2. The molecule has 0 fully saturated rings. The third-order valence-corrected chi connectivity index (χ3v) is 4.26. The van der Waals surface area contributed by atoms with Crippen molar-refractivity contribution in [2.45, 2.75) is 39.2 Å². The van der Waals surface area contributed by atoms with Crippen LogP contribution in [0.2, 0.25) is 0 Å². The zero-order valence-corrected chi connectivity index (χ0v) is 13.4. The van der Waals surface area contributed by atoms with Crippen molar-refractivity contribution in [3.63, 3.8) is 0 Å². The van der Waals surface area contributed by atoms with E-state index >= 15 is 0 Å². The third-order valence-electron chi connectivity index (χ3n) is 4.26. The predicted octanol–water partition coefficient (Wildman–Crippen LogP) is 3.13. The van der Waals surface area contributed by atoms with E-state index in [1.807, 2.05) is 31.2 Å². The summed E-state index contributed by atoms with van der Waals surface area (Å²) in [6, 6.07) is 9.53. The van der Waals surface area contributed by atoms with E-state index in [4.69, 9.17) is 4.74 Å². The molecule has 1 aliphatic heterocycles. The second-order valence-corrected chi connectivity index (χ2v) is 5.77. The van der Waals surface area contributed by atoms with Gasteiger partial charge >= 0.3 is 5.97 Å². The third kappa shape index (κ3) is 2.91. The number of esters is 1. The van der Waals surface area contributed by atoms with Gasteiger partial charge < -0.3 is 4.74 Å². The summed E-state index contributed by atoms with van der Waals surface area (Å²) in [4.78, 5) is 24.8. The van der Waals surface area contributed by atoms with Crippen LogP contribution in [0.1, 0.15) is 57.8 Å². The summed E-state index contributed by atoms with van der Waals surface area (Å²) in [5, 5.41) is 4.25. The summed E-state index contributed by atoms with van der Waals surface area (Å²) in [6.07, 6.45) is 1.64. The highest BCUT2D eigenvalue weighted by molar-refractivity contribution is 6.01. The van der Waals surface area contributed by atoms with E-state index in [9.17, 15) is 9.59 Å². The SMILES string of the molecule is CCOC(=O)c1cc2n(n1)CCCC(c1ccccc1C)C2=O. The first-order valence-electron chi connectivity index (χ1n) is 7.96. The second kappa shape index (κ2) is 6.36. The van der Waals surface area contributed by atoms with Crippen molar-refractivity contribution in [2.24, 2.45) is 0 Å². The van der Waals surface area contributed by atoms with Crippen LogP contribution in [-0.2, 0) is 11.3 Å². The maximum Gasteiger partial charge on any atom is 0.358 e. The average molecular weight is 312 g/mol. The number of benzene rings is 1. The molecule has 0 saturated heterocycles. The van der Waals surface area contributed by atoms with Gasteiger partial charge in [0, 0.05) is 18.5 Å². The minimum absolute atomic E-state index is 0.0276. The molecule has 5 nitrogen and oxygen atoms in total. The highest BCUT2D eigenvalue weighted by Gasteiger charge is 2.30. The zero-order valence-electron chi connectivity index (χ0n) is 13.4. The standard InChI is InChI=1S/C18H20N2O3/c1-3-23-18(22)15-11-16-17(21)14(9-6-10-20(16)19-15)13-8-5-4-7-12(13)2/h4-5,7-8,11,14H,3,6,9-10H2,1-2H3. The Morgan fingerprint density at radius 2 is 2.17 bits per heavy atom. The van der Waals surface area contributed by atoms with Gasteiger partial charge in [-0.15, -0.1) is 0 Å². The Morgan fingerprint density at radius 3 is 2.91 bits per heavy atom. The van der Waals surface area contributed by atoms with Crippen LogP contribution >= 0.6 is 0 Å². The number of aromatic nitrogens is 2. The van der Waals surface area contributed by atoms with Crippen LogP contribution in [-0.4, -0.2) is 28.1 Å². The number of carbonyl (C=O) groups is 2. The first-order chi connectivity index (χ1) is 11.1. The maximum absolute atomic E-state index is 13.0. The van der Waals surface area contributed by atoms with Crippen LogP contribution in [0.3, 0.4) is 0 Å². The summed E-state index contributed by atoms with van der Waals surface area (Å²) in [7, 11) is 0. The zero-order chi connectivity index (χ0) is 16.4. The fourth-order valence-corrected chi connectivity index (χ4v) is 3.12. The number of Topliss-reactive ketones (excluding diaryl/α,β-unsaturated/α-hetero) is 1. The number of carbonyl (C=O) groups excluding carboxylic acids is 2. The number of rotatable bonds is 3. The van der Waals surface area contributed by atoms with Gasteiger partial charge in [0.15, 0.2) is 11.5 Å². The fourth-order valence-electron chi connectivity index (χ4n) is 3.12. The van der Waals surface area contributed by atoms with Crippen molar-refractivity contribution in [3.05, 3.63) is 52.8 Å². The molecule has 1 aliphatic rings. The lowest BCUT2D eigenvalue weighted by Crippen LogP contribution is -2.14. The first-order valence-corrected chi connectivity index (χ1v) is 7.96. The molecule has 0 saturated carbocycles. The van der Waals surface area contributed by atoms with Gasteiger partial charge in [0.25, 0.3) is 0 Å². The normalized spacial score (nSPS) is 17.5. The number of hydrogen-bond acceptors (Lipinski definition) is 4. The Balaban J connectivity index is 1.96. The molecule has 5 heteroatoms. The molecule has 120 valence electrons. The van der Waals surface area contributed by atoms with Gasteiger partial charge in [-0.3, -0.25) is 9.48 Å². The van der Waals surface area contributed by atoms with Gasteiger partial charge in [-0.25, -0.2) is 4.79 Å². The minimum atomic E-state index is -0.478. The van der Waals surface area contributed by atoms with Crippen molar-refractivity contribution in [1.82, 2.24) is 9.78 Å². The van der Waals surface area contributed by atoms with Crippen molar-refractivity contribution in [2.75, 3.05) is 6.61 Å². The van der Waals surface area contributed by atoms with E-state index in [-0.39, 0.29) is 17.4 Å². The van der Waals surface area contributed by atoms with E-state index in [2.05, 4.69) is 5.10 Å². The molecule has 0 N–H and O–H groups in total. The molecule has 0 spiro atoms. The summed E-state index contributed by atoms with van der Waals surface area (Å²) in [5.41, 5.74) is 2.88. The molecular weight excluding hydrogens is 292 g/mol. The molecule has 1 aromatic carbocycles. The van der Waals surface area contributed by atoms with Crippen molar-refractivity contribution < 1.29 is 14.3 Å². The Labute approximate surface area is 135 Å². The molecule has 0 aliphatic carbocycles.